The molecule has 1 N–H and O–H groups in total. The van der Waals surface area contributed by atoms with E-state index < -0.39 is 0 Å². The predicted molar refractivity (Wildman–Crippen MR) is 137 cm³/mol. The zero-order valence-corrected chi connectivity index (χ0v) is 21.4. The fourth-order valence-electron chi connectivity index (χ4n) is 4.06. The molecule has 7 nitrogen and oxygen atoms in total. The maximum absolute atomic E-state index is 13.6. The van der Waals surface area contributed by atoms with Crippen molar-refractivity contribution in [3.05, 3.63) is 68.2 Å². The SMILES string of the molecule is Cc1cccc(-n2nc(-c3c(C)nc4scc(CC(=O)NCCC(C)C)n4c3=O)cc2C)c1C. The van der Waals surface area contributed by atoms with E-state index in [4.69, 9.17) is 5.10 Å². The molecule has 0 bridgehead atoms. The van der Waals surface area contributed by atoms with Gasteiger partial charge in [-0.05, 0) is 63.3 Å². The lowest BCUT2D eigenvalue weighted by Gasteiger charge is -2.10. The highest BCUT2D eigenvalue weighted by molar-refractivity contribution is 7.15. The third-order valence-corrected chi connectivity index (χ3v) is 7.03. The van der Waals surface area contributed by atoms with Gasteiger partial charge in [-0.3, -0.25) is 14.0 Å². The molecule has 0 radical (unpaired) electrons. The van der Waals surface area contributed by atoms with Crippen molar-refractivity contribution < 1.29 is 4.79 Å². The summed E-state index contributed by atoms with van der Waals surface area (Å²) in [6, 6.07) is 8.03. The van der Waals surface area contributed by atoms with Crippen molar-refractivity contribution in [2.24, 2.45) is 5.92 Å². The van der Waals surface area contributed by atoms with E-state index in [1.165, 1.54) is 16.9 Å². The molecule has 0 aliphatic rings. The lowest BCUT2D eigenvalue weighted by Crippen LogP contribution is -2.28. The third kappa shape index (κ3) is 4.55. The van der Waals surface area contributed by atoms with Crippen LogP contribution in [0.25, 0.3) is 21.9 Å². The van der Waals surface area contributed by atoms with Crippen LogP contribution in [0.4, 0.5) is 0 Å². The van der Waals surface area contributed by atoms with Gasteiger partial charge in [0.2, 0.25) is 5.91 Å². The minimum absolute atomic E-state index is 0.0931. The number of carbonyl (C=O) groups excluding carboxylic acids is 1. The van der Waals surface area contributed by atoms with E-state index >= 15 is 0 Å². The molecule has 1 aromatic carbocycles. The second-order valence-corrected chi connectivity index (χ2v) is 10.1. The number of aromatic nitrogens is 4. The average molecular weight is 478 g/mol. The van der Waals surface area contributed by atoms with Crippen LogP contribution in [0, 0.1) is 33.6 Å². The van der Waals surface area contributed by atoms with Crippen LogP contribution in [-0.2, 0) is 11.2 Å². The van der Waals surface area contributed by atoms with E-state index in [1.807, 2.05) is 42.1 Å². The Balaban J connectivity index is 1.73. The van der Waals surface area contributed by atoms with Gasteiger partial charge >= 0.3 is 0 Å². The fourth-order valence-corrected chi connectivity index (χ4v) is 4.98. The number of aryl methyl sites for hydroxylation is 3. The van der Waals surface area contributed by atoms with Crippen LogP contribution in [0.5, 0.6) is 0 Å². The highest BCUT2D eigenvalue weighted by atomic mass is 32.1. The number of hydrogen-bond acceptors (Lipinski definition) is 5. The number of carbonyl (C=O) groups is 1. The molecule has 178 valence electrons. The summed E-state index contributed by atoms with van der Waals surface area (Å²) in [7, 11) is 0. The molecule has 8 heteroatoms. The summed E-state index contributed by atoms with van der Waals surface area (Å²) in [5.41, 5.74) is 6.38. The van der Waals surface area contributed by atoms with Crippen LogP contribution in [0.3, 0.4) is 0 Å². The van der Waals surface area contributed by atoms with Gasteiger partial charge < -0.3 is 5.32 Å². The lowest BCUT2D eigenvalue weighted by atomic mass is 10.1. The number of thiazole rings is 1. The topological polar surface area (TPSA) is 81.3 Å². The van der Waals surface area contributed by atoms with Gasteiger partial charge in [0.1, 0.15) is 5.69 Å². The molecule has 0 spiro atoms. The molecule has 0 unspecified atom stereocenters. The lowest BCUT2D eigenvalue weighted by molar-refractivity contribution is -0.120. The Kier molecular flexibility index (Phi) is 6.70. The second kappa shape index (κ2) is 9.54. The van der Waals surface area contributed by atoms with Gasteiger partial charge in [0.05, 0.1) is 23.4 Å². The van der Waals surface area contributed by atoms with Gasteiger partial charge in [-0.2, -0.15) is 5.10 Å². The normalized spacial score (nSPS) is 11.5. The van der Waals surface area contributed by atoms with Crippen LogP contribution in [0.15, 0.2) is 34.4 Å². The Morgan fingerprint density at radius 1 is 1.18 bits per heavy atom. The van der Waals surface area contributed by atoms with Crippen molar-refractivity contribution in [2.45, 2.75) is 54.4 Å². The van der Waals surface area contributed by atoms with Crippen molar-refractivity contribution in [1.82, 2.24) is 24.5 Å². The number of fused-ring (bicyclic) bond motifs is 1. The smallest absolute Gasteiger partial charge is 0.268 e. The zero-order chi connectivity index (χ0) is 24.6. The highest BCUT2D eigenvalue weighted by Gasteiger charge is 2.20. The van der Waals surface area contributed by atoms with E-state index in [-0.39, 0.29) is 17.9 Å². The first-order valence-corrected chi connectivity index (χ1v) is 12.5. The number of benzene rings is 1. The summed E-state index contributed by atoms with van der Waals surface area (Å²) in [5, 5.41) is 9.59. The van der Waals surface area contributed by atoms with Crippen LogP contribution < -0.4 is 10.9 Å². The fraction of sp³-hybridized carbons (Fsp3) is 0.385. The van der Waals surface area contributed by atoms with E-state index in [0.717, 1.165) is 23.4 Å². The van der Waals surface area contributed by atoms with Gasteiger partial charge in [-0.15, -0.1) is 11.3 Å². The van der Waals surface area contributed by atoms with Gasteiger partial charge in [0, 0.05) is 23.3 Å². The number of nitrogens with one attached hydrogen (secondary N) is 1. The Labute approximate surface area is 203 Å². The summed E-state index contributed by atoms with van der Waals surface area (Å²) < 4.78 is 3.43. The van der Waals surface area contributed by atoms with Crippen LogP contribution in [0.2, 0.25) is 0 Å². The summed E-state index contributed by atoms with van der Waals surface area (Å²) in [6.45, 7) is 12.8. The molecular formula is C26H31N5O2S. The highest BCUT2D eigenvalue weighted by Crippen LogP contribution is 2.25. The summed E-state index contributed by atoms with van der Waals surface area (Å²) >= 11 is 1.37. The van der Waals surface area contributed by atoms with Crippen molar-refractivity contribution in [3.8, 4) is 16.9 Å². The molecule has 4 aromatic rings. The molecule has 3 heterocycles. The molecular weight excluding hydrogens is 446 g/mol. The maximum Gasteiger partial charge on any atom is 0.268 e. The number of rotatable bonds is 7. The molecule has 0 aliphatic carbocycles. The Morgan fingerprint density at radius 2 is 1.94 bits per heavy atom. The summed E-state index contributed by atoms with van der Waals surface area (Å²) in [6.07, 6.45) is 1.06. The molecule has 0 fully saturated rings. The van der Waals surface area contributed by atoms with E-state index in [2.05, 4.69) is 44.1 Å². The van der Waals surface area contributed by atoms with Crippen LogP contribution in [0.1, 0.15) is 48.5 Å². The molecule has 0 saturated carbocycles. The molecule has 3 aromatic heterocycles. The Hall–Kier alpha value is -3.26. The maximum atomic E-state index is 13.6. The van der Waals surface area contributed by atoms with Crippen LogP contribution >= 0.6 is 11.3 Å². The van der Waals surface area contributed by atoms with Gasteiger partial charge in [0.15, 0.2) is 4.96 Å². The Morgan fingerprint density at radius 3 is 2.68 bits per heavy atom. The molecule has 34 heavy (non-hydrogen) atoms. The molecule has 0 atom stereocenters. The molecule has 4 rings (SSSR count). The van der Waals surface area contributed by atoms with Gasteiger partial charge in [-0.25, -0.2) is 9.67 Å². The molecule has 0 saturated heterocycles. The first-order valence-electron chi connectivity index (χ1n) is 11.6. The van der Waals surface area contributed by atoms with Crippen LogP contribution in [-0.4, -0.2) is 31.6 Å². The van der Waals surface area contributed by atoms with Gasteiger partial charge in [-0.1, -0.05) is 26.0 Å². The molecule has 1 amide bonds. The van der Waals surface area contributed by atoms with Gasteiger partial charge in [0.25, 0.3) is 5.56 Å². The number of hydrogen-bond donors (Lipinski definition) is 1. The third-order valence-electron chi connectivity index (χ3n) is 6.15. The quantitative estimate of drug-likeness (QED) is 0.423. The minimum Gasteiger partial charge on any atom is -0.356 e. The largest absolute Gasteiger partial charge is 0.356 e. The van der Waals surface area contributed by atoms with Crippen molar-refractivity contribution in [2.75, 3.05) is 6.54 Å². The number of amides is 1. The monoisotopic (exact) mass is 477 g/mol. The summed E-state index contributed by atoms with van der Waals surface area (Å²) in [5.74, 6) is 0.427. The minimum atomic E-state index is -0.195. The van der Waals surface area contributed by atoms with Crippen molar-refractivity contribution >= 4 is 22.2 Å². The van der Waals surface area contributed by atoms with E-state index in [1.54, 1.807) is 4.40 Å². The number of nitrogens with zero attached hydrogens (tertiary/aromatic N) is 4. The first kappa shape index (κ1) is 23.9. The van der Waals surface area contributed by atoms with Crippen molar-refractivity contribution in [3.63, 3.8) is 0 Å². The van der Waals surface area contributed by atoms with E-state index in [9.17, 15) is 9.59 Å². The first-order chi connectivity index (χ1) is 16.2. The second-order valence-electron chi connectivity index (χ2n) is 9.23. The zero-order valence-electron chi connectivity index (χ0n) is 20.6. The standard InChI is InChI=1S/C26H31N5O2S/c1-15(2)10-11-27-23(32)13-20-14-34-26-28-19(6)24(25(33)30(20)26)21-12-17(4)31(29-21)22-9-7-8-16(3)18(22)5/h7-9,12,14-15H,10-11,13H2,1-6H3,(H,27,32). The Bertz CT molecular complexity index is 1430. The summed E-state index contributed by atoms with van der Waals surface area (Å²) in [4.78, 5) is 31.4. The van der Waals surface area contributed by atoms with E-state index in [0.29, 0.717) is 40.1 Å². The average Bonchev–Trinajstić information content (AvgIpc) is 3.33. The molecule has 0 aliphatic heterocycles. The van der Waals surface area contributed by atoms with Crippen molar-refractivity contribution in [1.29, 1.82) is 0 Å². The predicted octanol–water partition coefficient (Wildman–Crippen LogP) is 4.55.